The minimum absolute atomic E-state index is 0.618. The van der Waals surface area contributed by atoms with Gasteiger partial charge < -0.3 is 0 Å². The van der Waals surface area contributed by atoms with Gasteiger partial charge >= 0.3 is 0 Å². The number of aromatic nitrogens is 3. The van der Waals surface area contributed by atoms with Gasteiger partial charge in [0.25, 0.3) is 0 Å². The molecule has 0 fully saturated rings. The first-order valence-electron chi connectivity index (χ1n) is 18.9. The summed E-state index contributed by atoms with van der Waals surface area (Å²) in [6.07, 6.45) is 0. The van der Waals surface area contributed by atoms with Crippen molar-refractivity contribution in [3.63, 3.8) is 0 Å². The van der Waals surface area contributed by atoms with E-state index in [1.807, 2.05) is 12.1 Å². The van der Waals surface area contributed by atoms with Crippen molar-refractivity contribution < 1.29 is 0 Å². The molecule has 0 unspecified atom stereocenters. The Labute approximate surface area is 326 Å². The molecule has 10 rings (SSSR count). The standard InChI is InChI=1S/C53H35N3/c1-4-14-36(15-5-1)39-24-28-41(29-25-39)51-54-52(42-30-26-40(27-31-42)37-16-6-2-7-17-37)56-53(55-51)47-34-45(38-18-8-3-9-19-38)33-46(35-47)50-48-22-12-10-20-43(48)32-44-21-11-13-23-49(44)50/h1-35H. The van der Waals surface area contributed by atoms with Crippen molar-refractivity contribution in [3.8, 4) is 78.7 Å². The molecule has 0 N–H and O–H groups in total. The maximum Gasteiger partial charge on any atom is 0.164 e. The van der Waals surface area contributed by atoms with Crippen molar-refractivity contribution in [2.75, 3.05) is 0 Å². The first kappa shape index (κ1) is 33.1. The molecular weight excluding hydrogens is 679 g/mol. The Kier molecular flexibility index (Phi) is 8.51. The van der Waals surface area contributed by atoms with Crippen LogP contribution in [0, 0.1) is 0 Å². The molecule has 0 bridgehead atoms. The summed E-state index contributed by atoms with van der Waals surface area (Å²) in [7, 11) is 0. The van der Waals surface area contributed by atoms with E-state index in [2.05, 4.69) is 200 Å². The number of benzene rings is 9. The highest BCUT2D eigenvalue weighted by Crippen LogP contribution is 2.40. The molecule has 0 saturated carbocycles. The summed E-state index contributed by atoms with van der Waals surface area (Å²) < 4.78 is 0. The maximum absolute atomic E-state index is 5.24. The fourth-order valence-electron chi connectivity index (χ4n) is 7.67. The van der Waals surface area contributed by atoms with Crippen molar-refractivity contribution in [3.05, 3.63) is 212 Å². The lowest BCUT2D eigenvalue weighted by Crippen LogP contribution is -2.01. The Morgan fingerprint density at radius 3 is 1.00 bits per heavy atom. The van der Waals surface area contributed by atoms with Gasteiger partial charge in [0.1, 0.15) is 0 Å². The smallest absolute Gasteiger partial charge is 0.164 e. The first-order valence-corrected chi connectivity index (χ1v) is 18.9. The van der Waals surface area contributed by atoms with Crippen LogP contribution in [-0.4, -0.2) is 15.0 Å². The van der Waals surface area contributed by atoms with Crippen molar-refractivity contribution in [1.82, 2.24) is 15.0 Å². The van der Waals surface area contributed by atoms with Crippen LogP contribution in [0.2, 0.25) is 0 Å². The van der Waals surface area contributed by atoms with Gasteiger partial charge in [-0.15, -0.1) is 0 Å². The van der Waals surface area contributed by atoms with E-state index in [1.54, 1.807) is 0 Å². The summed E-state index contributed by atoms with van der Waals surface area (Å²) in [6.45, 7) is 0. The van der Waals surface area contributed by atoms with Crippen LogP contribution in [0.4, 0.5) is 0 Å². The third kappa shape index (κ3) is 6.42. The second-order valence-corrected chi connectivity index (χ2v) is 14.1. The van der Waals surface area contributed by atoms with Crippen LogP contribution in [0.15, 0.2) is 212 Å². The molecule has 262 valence electrons. The van der Waals surface area contributed by atoms with Gasteiger partial charge in [0.05, 0.1) is 0 Å². The fraction of sp³-hybridized carbons (Fsp3) is 0. The van der Waals surface area contributed by atoms with E-state index in [1.165, 1.54) is 38.2 Å². The number of nitrogens with zero attached hydrogens (tertiary/aromatic N) is 3. The number of fused-ring (bicyclic) bond motifs is 2. The van der Waals surface area contributed by atoms with Gasteiger partial charge in [-0.25, -0.2) is 15.0 Å². The van der Waals surface area contributed by atoms with Crippen molar-refractivity contribution in [2.24, 2.45) is 0 Å². The van der Waals surface area contributed by atoms with E-state index in [0.29, 0.717) is 17.5 Å². The Morgan fingerprint density at radius 2 is 0.536 bits per heavy atom. The van der Waals surface area contributed by atoms with E-state index in [4.69, 9.17) is 15.0 Å². The minimum atomic E-state index is 0.618. The molecule has 1 aromatic heterocycles. The van der Waals surface area contributed by atoms with Crippen LogP contribution in [0.5, 0.6) is 0 Å². The molecule has 56 heavy (non-hydrogen) atoms. The predicted molar refractivity (Wildman–Crippen MR) is 233 cm³/mol. The highest BCUT2D eigenvalue weighted by atomic mass is 15.0. The highest BCUT2D eigenvalue weighted by Gasteiger charge is 2.17. The van der Waals surface area contributed by atoms with Crippen LogP contribution in [0.25, 0.3) is 100 Å². The monoisotopic (exact) mass is 713 g/mol. The van der Waals surface area contributed by atoms with E-state index in [0.717, 1.165) is 44.5 Å². The molecule has 0 radical (unpaired) electrons. The zero-order chi connectivity index (χ0) is 37.3. The van der Waals surface area contributed by atoms with Gasteiger partial charge in [-0.1, -0.05) is 188 Å². The van der Waals surface area contributed by atoms with Gasteiger partial charge in [-0.05, 0) is 90.3 Å². The van der Waals surface area contributed by atoms with E-state index in [-0.39, 0.29) is 0 Å². The van der Waals surface area contributed by atoms with Gasteiger partial charge in [0.15, 0.2) is 17.5 Å². The molecule has 0 aliphatic heterocycles. The summed E-state index contributed by atoms with van der Waals surface area (Å²) in [5, 5.41) is 4.82. The van der Waals surface area contributed by atoms with E-state index in [9.17, 15) is 0 Å². The molecule has 0 spiro atoms. The summed E-state index contributed by atoms with van der Waals surface area (Å²) in [5.74, 6) is 1.87. The van der Waals surface area contributed by atoms with Gasteiger partial charge in [-0.3, -0.25) is 0 Å². The molecule has 0 saturated heterocycles. The summed E-state index contributed by atoms with van der Waals surface area (Å²) in [4.78, 5) is 15.6. The van der Waals surface area contributed by atoms with Crippen LogP contribution >= 0.6 is 0 Å². The van der Waals surface area contributed by atoms with E-state index >= 15 is 0 Å². The average Bonchev–Trinajstić information content (AvgIpc) is 3.29. The Hall–Kier alpha value is -7.49. The van der Waals surface area contributed by atoms with Crippen molar-refractivity contribution in [1.29, 1.82) is 0 Å². The maximum atomic E-state index is 5.24. The van der Waals surface area contributed by atoms with Crippen LogP contribution in [0.1, 0.15) is 0 Å². The molecule has 3 heteroatoms. The predicted octanol–water partition coefficient (Wildman–Crippen LogP) is 13.8. The Balaban J connectivity index is 1.18. The molecule has 0 amide bonds. The van der Waals surface area contributed by atoms with E-state index < -0.39 is 0 Å². The highest BCUT2D eigenvalue weighted by molar-refractivity contribution is 6.13. The molecule has 9 aromatic carbocycles. The Bertz CT molecular complexity index is 2820. The second-order valence-electron chi connectivity index (χ2n) is 14.1. The zero-order valence-corrected chi connectivity index (χ0v) is 30.5. The molecule has 0 atom stereocenters. The van der Waals surface area contributed by atoms with Crippen molar-refractivity contribution >= 4 is 21.5 Å². The summed E-state index contributed by atoms with van der Waals surface area (Å²) >= 11 is 0. The molecule has 0 aliphatic carbocycles. The van der Waals surface area contributed by atoms with Crippen LogP contribution in [0.3, 0.4) is 0 Å². The lowest BCUT2D eigenvalue weighted by atomic mass is 9.89. The normalized spacial score (nSPS) is 11.2. The first-order chi connectivity index (χ1) is 27.7. The summed E-state index contributed by atoms with van der Waals surface area (Å²) in [5.41, 5.74) is 11.9. The number of hydrogen-bond donors (Lipinski definition) is 0. The van der Waals surface area contributed by atoms with Gasteiger partial charge in [0, 0.05) is 16.7 Å². The number of hydrogen-bond acceptors (Lipinski definition) is 3. The SMILES string of the molecule is c1ccc(-c2ccc(-c3nc(-c4ccc(-c5ccccc5)cc4)nc(-c4cc(-c5ccccc5)cc(-c5c6ccccc6cc6ccccc56)c4)n3)cc2)cc1. The fourth-order valence-corrected chi connectivity index (χ4v) is 7.67. The molecular formula is C53H35N3. The lowest BCUT2D eigenvalue weighted by molar-refractivity contribution is 1.07. The quantitative estimate of drug-likeness (QED) is 0.154. The zero-order valence-electron chi connectivity index (χ0n) is 30.5. The van der Waals surface area contributed by atoms with Crippen molar-refractivity contribution in [2.45, 2.75) is 0 Å². The molecule has 1 heterocycles. The molecule has 10 aromatic rings. The second kappa shape index (κ2) is 14.4. The van der Waals surface area contributed by atoms with Crippen LogP contribution < -0.4 is 0 Å². The minimum Gasteiger partial charge on any atom is -0.208 e. The largest absolute Gasteiger partial charge is 0.208 e. The summed E-state index contributed by atoms with van der Waals surface area (Å²) in [6, 6.07) is 74.8. The molecule has 0 aliphatic rings. The van der Waals surface area contributed by atoms with Gasteiger partial charge in [0.2, 0.25) is 0 Å². The third-order valence-electron chi connectivity index (χ3n) is 10.5. The average molecular weight is 714 g/mol. The Morgan fingerprint density at radius 1 is 0.214 bits per heavy atom. The third-order valence-corrected chi connectivity index (χ3v) is 10.5. The lowest BCUT2D eigenvalue weighted by Gasteiger charge is -2.16. The molecule has 3 nitrogen and oxygen atoms in total. The van der Waals surface area contributed by atoms with Crippen LogP contribution in [-0.2, 0) is 0 Å². The number of rotatable bonds is 7. The van der Waals surface area contributed by atoms with Gasteiger partial charge in [-0.2, -0.15) is 0 Å². The topological polar surface area (TPSA) is 38.7 Å².